The smallest absolute Gasteiger partial charge is 0.185 e. The number of anilines is 1. The van der Waals surface area contributed by atoms with Crippen molar-refractivity contribution < 1.29 is 0 Å². The van der Waals surface area contributed by atoms with Crippen molar-refractivity contribution in [3.63, 3.8) is 0 Å². The van der Waals surface area contributed by atoms with E-state index in [0.29, 0.717) is 0 Å². The molecule has 0 bridgehead atoms. The van der Waals surface area contributed by atoms with Crippen molar-refractivity contribution in [2.75, 3.05) is 19.0 Å². The molecule has 0 spiro atoms. The summed E-state index contributed by atoms with van der Waals surface area (Å²) < 4.78 is 2.56. The first-order valence-electron chi connectivity index (χ1n) is 4.32. The van der Waals surface area contributed by atoms with Crippen LogP contribution < -0.4 is 4.90 Å². The molecule has 1 heterocycles. The van der Waals surface area contributed by atoms with Crippen molar-refractivity contribution in [2.45, 2.75) is 6.92 Å². The minimum absolute atomic E-state index is 1.07. The summed E-state index contributed by atoms with van der Waals surface area (Å²) in [5, 5.41) is 1.07. The van der Waals surface area contributed by atoms with E-state index in [1.54, 1.807) is 11.3 Å². The van der Waals surface area contributed by atoms with Gasteiger partial charge in [0.1, 0.15) is 0 Å². The topological polar surface area (TPSA) is 16.1 Å². The van der Waals surface area contributed by atoms with Crippen LogP contribution in [0.3, 0.4) is 0 Å². The largest absolute Gasteiger partial charge is 0.354 e. The van der Waals surface area contributed by atoms with Crippen LogP contribution in [0.1, 0.15) is 5.56 Å². The number of hydrogen-bond donors (Lipinski definition) is 0. The Kier molecular flexibility index (Phi) is 2.66. The number of fused-ring (bicyclic) bond motifs is 1. The molecule has 0 fully saturated rings. The fraction of sp³-hybridized carbons (Fsp3) is 0.300. The summed E-state index contributed by atoms with van der Waals surface area (Å²) in [4.78, 5) is 6.65. The zero-order chi connectivity index (χ0) is 10.3. The van der Waals surface area contributed by atoms with Crippen LogP contribution in [0.5, 0.6) is 0 Å². The van der Waals surface area contributed by atoms with E-state index in [0.717, 1.165) is 10.6 Å². The van der Waals surface area contributed by atoms with Crippen LogP contribution in [-0.4, -0.2) is 19.1 Å². The van der Waals surface area contributed by atoms with Crippen molar-refractivity contribution in [1.29, 1.82) is 0 Å². The van der Waals surface area contributed by atoms with E-state index in [1.165, 1.54) is 13.8 Å². The third kappa shape index (κ3) is 1.72. The van der Waals surface area contributed by atoms with Crippen LogP contribution in [0, 0.1) is 10.5 Å². The molecule has 0 aliphatic rings. The van der Waals surface area contributed by atoms with Gasteiger partial charge in [-0.2, -0.15) is 0 Å². The third-order valence-electron chi connectivity index (χ3n) is 2.02. The summed E-state index contributed by atoms with van der Waals surface area (Å²) in [6.45, 7) is 2.11. The highest BCUT2D eigenvalue weighted by Crippen LogP contribution is 2.30. The summed E-state index contributed by atoms with van der Waals surface area (Å²) in [5.41, 5.74) is 2.40. The number of halogens is 1. The lowest BCUT2D eigenvalue weighted by molar-refractivity contribution is 1.11. The first-order valence-corrected chi connectivity index (χ1v) is 6.21. The lowest BCUT2D eigenvalue weighted by Gasteiger charge is -2.04. The SMILES string of the molecule is Cc1cc(I)cc2sc(N(C)C)nc12. The molecule has 2 aromatic rings. The first-order chi connectivity index (χ1) is 6.58. The monoisotopic (exact) mass is 318 g/mol. The minimum Gasteiger partial charge on any atom is -0.354 e. The second-order valence-electron chi connectivity index (χ2n) is 3.46. The summed E-state index contributed by atoms with van der Waals surface area (Å²) >= 11 is 4.09. The molecule has 0 aliphatic carbocycles. The number of benzene rings is 1. The molecule has 74 valence electrons. The fourth-order valence-corrected chi connectivity index (χ4v) is 3.33. The molecule has 1 aromatic carbocycles. The van der Waals surface area contributed by atoms with Crippen molar-refractivity contribution >= 4 is 49.3 Å². The Bertz CT molecular complexity index is 476. The number of nitrogens with zero attached hydrogens (tertiary/aromatic N) is 2. The Morgan fingerprint density at radius 2 is 2.07 bits per heavy atom. The molecule has 0 radical (unpaired) electrons. The minimum atomic E-state index is 1.07. The Morgan fingerprint density at radius 1 is 1.36 bits per heavy atom. The van der Waals surface area contributed by atoms with Crippen LogP contribution in [0.4, 0.5) is 5.13 Å². The second-order valence-corrected chi connectivity index (χ2v) is 5.72. The fourth-order valence-electron chi connectivity index (χ4n) is 1.33. The molecule has 0 unspecified atom stereocenters. The molecule has 0 saturated carbocycles. The molecule has 0 aliphatic heterocycles. The standard InChI is InChI=1S/C10H11IN2S/c1-6-4-7(11)5-8-9(6)12-10(14-8)13(2)3/h4-5H,1-3H3. The maximum Gasteiger partial charge on any atom is 0.185 e. The third-order valence-corrected chi connectivity index (χ3v) is 3.81. The Hall–Kier alpha value is -0.360. The lowest BCUT2D eigenvalue weighted by Crippen LogP contribution is -2.07. The molecule has 0 N–H and O–H groups in total. The quantitative estimate of drug-likeness (QED) is 0.750. The molecule has 2 nitrogen and oxygen atoms in total. The van der Waals surface area contributed by atoms with Crippen LogP contribution in [0.2, 0.25) is 0 Å². The predicted octanol–water partition coefficient (Wildman–Crippen LogP) is 3.28. The average Bonchev–Trinajstić information content (AvgIpc) is 2.47. The summed E-state index contributed by atoms with van der Waals surface area (Å²) in [7, 11) is 4.05. The van der Waals surface area contributed by atoms with Gasteiger partial charge in [-0.3, -0.25) is 0 Å². The van der Waals surface area contributed by atoms with E-state index in [4.69, 9.17) is 0 Å². The second kappa shape index (κ2) is 3.66. The van der Waals surface area contributed by atoms with Gasteiger partial charge in [0.05, 0.1) is 10.2 Å². The Labute approximate surface area is 101 Å². The van der Waals surface area contributed by atoms with Gasteiger partial charge < -0.3 is 4.90 Å². The molecular formula is C10H11IN2S. The molecular weight excluding hydrogens is 307 g/mol. The summed E-state index contributed by atoms with van der Waals surface area (Å²) in [6.07, 6.45) is 0. The predicted molar refractivity (Wildman–Crippen MR) is 71.4 cm³/mol. The number of aromatic nitrogens is 1. The van der Waals surface area contributed by atoms with Gasteiger partial charge in [0.25, 0.3) is 0 Å². The first kappa shape index (κ1) is 10.2. The summed E-state index contributed by atoms with van der Waals surface area (Å²) in [6, 6.07) is 4.36. The van der Waals surface area contributed by atoms with Gasteiger partial charge in [-0.15, -0.1) is 0 Å². The van der Waals surface area contributed by atoms with Crippen LogP contribution in [0.25, 0.3) is 10.2 Å². The van der Waals surface area contributed by atoms with Gasteiger partial charge >= 0.3 is 0 Å². The van der Waals surface area contributed by atoms with Crippen LogP contribution in [0.15, 0.2) is 12.1 Å². The van der Waals surface area contributed by atoms with Crippen molar-refractivity contribution in [2.24, 2.45) is 0 Å². The van der Waals surface area contributed by atoms with Crippen molar-refractivity contribution in [1.82, 2.24) is 4.98 Å². The highest BCUT2D eigenvalue weighted by atomic mass is 127. The van der Waals surface area contributed by atoms with Crippen molar-refractivity contribution in [3.05, 3.63) is 21.3 Å². The van der Waals surface area contributed by atoms with Gasteiger partial charge in [0, 0.05) is 17.7 Å². The number of thiazole rings is 1. The highest BCUT2D eigenvalue weighted by molar-refractivity contribution is 14.1. The Morgan fingerprint density at radius 3 is 2.71 bits per heavy atom. The van der Waals surface area contributed by atoms with E-state index in [9.17, 15) is 0 Å². The average molecular weight is 318 g/mol. The molecule has 0 saturated heterocycles. The molecule has 14 heavy (non-hydrogen) atoms. The Balaban J connectivity index is 2.70. The highest BCUT2D eigenvalue weighted by Gasteiger charge is 2.07. The van der Waals surface area contributed by atoms with Crippen LogP contribution in [-0.2, 0) is 0 Å². The van der Waals surface area contributed by atoms with Gasteiger partial charge in [-0.25, -0.2) is 4.98 Å². The molecule has 0 amide bonds. The number of aryl methyl sites for hydroxylation is 1. The maximum atomic E-state index is 4.59. The maximum absolute atomic E-state index is 4.59. The molecule has 1 aromatic heterocycles. The number of rotatable bonds is 1. The normalized spacial score (nSPS) is 10.9. The molecule has 2 rings (SSSR count). The van der Waals surface area contributed by atoms with E-state index in [1.807, 2.05) is 14.1 Å². The summed E-state index contributed by atoms with van der Waals surface area (Å²) in [5.74, 6) is 0. The zero-order valence-corrected chi connectivity index (χ0v) is 11.3. The lowest BCUT2D eigenvalue weighted by atomic mass is 10.2. The van der Waals surface area contributed by atoms with E-state index in [2.05, 4.69) is 51.5 Å². The van der Waals surface area contributed by atoms with E-state index >= 15 is 0 Å². The van der Waals surface area contributed by atoms with Gasteiger partial charge in [-0.05, 0) is 47.2 Å². The van der Waals surface area contributed by atoms with Crippen LogP contribution >= 0.6 is 33.9 Å². The van der Waals surface area contributed by atoms with Gasteiger partial charge in [-0.1, -0.05) is 11.3 Å². The van der Waals surface area contributed by atoms with Gasteiger partial charge in [0.15, 0.2) is 5.13 Å². The van der Waals surface area contributed by atoms with Gasteiger partial charge in [0.2, 0.25) is 0 Å². The zero-order valence-electron chi connectivity index (χ0n) is 8.34. The van der Waals surface area contributed by atoms with E-state index < -0.39 is 0 Å². The molecule has 0 atom stereocenters. The van der Waals surface area contributed by atoms with E-state index in [-0.39, 0.29) is 0 Å². The van der Waals surface area contributed by atoms with Crippen molar-refractivity contribution in [3.8, 4) is 0 Å². The number of hydrogen-bond acceptors (Lipinski definition) is 3. The molecule has 4 heteroatoms.